The zero-order chi connectivity index (χ0) is 21.0. The van der Waals surface area contributed by atoms with Crippen LogP contribution in [0.3, 0.4) is 0 Å². The molecule has 0 aromatic heterocycles. The number of hydrogen-bond donors (Lipinski definition) is 1. The summed E-state index contributed by atoms with van der Waals surface area (Å²) in [5, 5.41) is 11.4. The quantitative estimate of drug-likeness (QED) is 0.693. The van der Waals surface area contributed by atoms with Crippen LogP contribution in [0.25, 0.3) is 0 Å². The lowest BCUT2D eigenvalue weighted by Gasteiger charge is -2.40. The zero-order valence-electron chi connectivity index (χ0n) is 17.6. The molecule has 0 spiro atoms. The minimum Gasteiger partial charge on any atom is -0.492 e. The summed E-state index contributed by atoms with van der Waals surface area (Å²) in [6, 6.07) is 13.0. The van der Waals surface area contributed by atoms with Gasteiger partial charge in [0.15, 0.2) is 0 Å². The fourth-order valence-corrected chi connectivity index (χ4v) is 4.89. The Kier molecular flexibility index (Phi) is 6.86. The van der Waals surface area contributed by atoms with Crippen molar-refractivity contribution in [2.24, 2.45) is 0 Å². The number of ether oxygens (including phenoxy) is 1. The van der Waals surface area contributed by atoms with Gasteiger partial charge in [-0.05, 0) is 67.6 Å². The van der Waals surface area contributed by atoms with Crippen molar-refractivity contribution >= 4 is 17.4 Å². The predicted molar refractivity (Wildman–Crippen MR) is 122 cm³/mol. The van der Waals surface area contributed by atoms with Crippen LogP contribution in [0.2, 0.25) is 0 Å². The summed E-state index contributed by atoms with van der Waals surface area (Å²) in [4.78, 5) is 4.47. The van der Waals surface area contributed by atoms with Crippen LogP contribution >= 0.6 is 11.8 Å². The topological polar surface area (TPSA) is 35.9 Å². The summed E-state index contributed by atoms with van der Waals surface area (Å²) in [5.74, 6) is 1.90. The summed E-state index contributed by atoms with van der Waals surface area (Å²) in [5.41, 5.74) is 1.84. The van der Waals surface area contributed by atoms with Gasteiger partial charge in [0.25, 0.3) is 0 Å². The second kappa shape index (κ2) is 9.58. The summed E-state index contributed by atoms with van der Waals surface area (Å²) in [6.45, 7) is 4.82. The second-order valence-electron chi connectivity index (χ2n) is 8.26. The molecule has 0 radical (unpaired) electrons. The molecule has 4 rings (SSSR count). The van der Waals surface area contributed by atoms with Crippen molar-refractivity contribution in [3.63, 3.8) is 0 Å². The fourth-order valence-electron chi connectivity index (χ4n) is 4.48. The van der Waals surface area contributed by atoms with Crippen LogP contribution < -0.4 is 9.64 Å². The van der Waals surface area contributed by atoms with E-state index < -0.39 is 5.60 Å². The molecule has 2 heterocycles. The van der Waals surface area contributed by atoms with Crippen LogP contribution in [0.5, 0.6) is 5.75 Å². The molecule has 30 heavy (non-hydrogen) atoms. The largest absolute Gasteiger partial charge is 0.492 e. The second-order valence-corrected chi connectivity index (χ2v) is 9.25. The number of fused-ring (bicyclic) bond motifs is 1. The molecular weight excluding hydrogens is 399 g/mol. The highest BCUT2D eigenvalue weighted by molar-refractivity contribution is 7.98. The Hall–Kier alpha value is -1.76. The molecule has 0 aliphatic carbocycles. The molecule has 1 fully saturated rings. The van der Waals surface area contributed by atoms with Gasteiger partial charge >= 0.3 is 0 Å². The van der Waals surface area contributed by atoms with Crippen LogP contribution in [0, 0.1) is 5.82 Å². The Morgan fingerprint density at radius 2 is 1.93 bits per heavy atom. The van der Waals surface area contributed by atoms with Gasteiger partial charge in [-0.2, -0.15) is 11.8 Å². The molecule has 2 aliphatic heterocycles. The van der Waals surface area contributed by atoms with Gasteiger partial charge in [-0.25, -0.2) is 4.39 Å². The van der Waals surface area contributed by atoms with Crippen LogP contribution in [-0.2, 0) is 12.1 Å². The lowest BCUT2D eigenvalue weighted by Crippen LogP contribution is -2.43. The Balaban J connectivity index is 1.46. The molecule has 0 unspecified atom stereocenters. The molecule has 2 aliphatic rings. The number of rotatable bonds is 6. The first kappa shape index (κ1) is 21.5. The van der Waals surface area contributed by atoms with Gasteiger partial charge in [-0.15, -0.1) is 0 Å². The monoisotopic (exact) mass is 430 g/mol. The van der Waals surface area contributed by atoms with Crippen molar-refractivity contribution in [2.75, 3.05) is 49.7 Å². The standard InChI is InChI=1S/C24H31FN2O2S/c1-30-16-4-11-26-14-15-29-23-8-7-20(17-19(23)18-26)24(28)9-12-27(13-10-24)22-6-3-2-5-21(22)25/h2-3,5-8,17,28H,4,9-16,18H2,1H3. The number of anilines is 1. The van der Waals surface area contributed by atoms with E-state index in [1.807, 2.05) is 40.9 Å². The smallest absolute Gasteiger partial charge is 0.146 e. The molecule has 4 nitrogen and oxygen atoms in total. The van der Waals surface area contributed by atoms with Crippen molar-refractivity contribution in [1.29, 1.82) is 0 Å². The molecule has 0 atom stereocenters. The first-order valence-electron chi connectivity index (χ1n) is 10.8. The number of aliphatic hydroxyl groups is 1. The Labute approximate surface area is 183 Å². The lowest BCUT2D eigenvalue weighted by atomic mass is 9.83. The lowest BCUT2D eigenvalue weighted by molar-refractivity contribution is 0.0115. The van der Waals surface area contributed by atoms with Gasteiger partial charge in [-0.3, -0.25) is 4.90 Å². The Morgan fingerprint density at radius 1 is 1.13 bits per heavy atom. The van der Waals surface area contributed by atoms with E-state index in [4.69, 9.17) is 4.74 Å². The number of piperidine rings is 1. The van der Waals surface area contributed by atoms with Gasteiger partial charge in [0.05, 0.1) is 11.3 Å². The highest BCUT2D eigenvalue weighted by Gasteiger charge is 2.35. The number of hydrogen-bond acceptors (Lipinski definition) is 5. The molecular formula is C24H31FN2O2S. The van der Waals surface area contributed by atoms with Crippen LogP contribution in [0.4, 0.5) is 10.1 Å². The molecule has 0 bridgehead atoms. The van der Waals surface area contributed by atoms with Crippen molar-refractivity contribution in [3.8, 4) is 5.75 Å². The van der Waals surface area contributed by atoms with Crippen molar-refractivity contribution in [2.45, 2.75) is 31.4 Å². The fraction of sp³-hybridized carbons (Fsp3) is 0.500. The molecule has 0 saturated carbocycles. The minimum absolute atomic E-state index is 0.202. The minimum atomic E-state index is -0.882. The third-order valence-corrected chi connectivity index (χ3v) is 6.96. The van der Waals surface area contributed by atoms with E-state index in [0.717, 1.165) is 36.5 Å². The maximum atomic E-state index is 14.1. The molecule has 2 aromatic rings. The van der Waals surface area contributed by atoms with E-state index in [-0.39, 0.29) is 5.82 Å². The number of para-hydroxylation sites is 1. The molecule has 0 amide bonds. The van der Waals surface area contributed by atoms with E-state index in [2.05, 4.69) is 17.2 Å². The maximum Gasteiger partial charge on any atom is 0.146 e. The van der Waals surface area contributed by atoms with E-state index >= 15 is 0 Å². The summed E-state index contributed by atoms with van der Waals surface area (Å²) < 4.78 is 20.1. The molecule has 1 N–H and O–H groups in total. The normalized spacial score (nSPS) is 19.1. The van der Waals surface area contributed by atoms with Crippen LogP contribution in [-0.4, -0.2) is 54.8 Å². The van der Waals surface area contributed by atoms with E-state index in [1.165, 1.54) is 18.2 Å². The summed E-state index contributed by atoms with van der Waals surface area (Å²) in [7, 11) is 0. The molecule has 1 saturated heterocycles. The molecule has 6 heteroatoms. The maximum absolute atomic E-state index is 14.1. The third-order valence-electron chi connectivity index (χ3n) is 6.26. The number of benzene rings is 2. The van der Waals surface area contributed by atoms with E-state index in [9.17, 15) is 9.50 Å². The predicted octanol–water partition coefficient (Wildman–Crippen LogP) is 4.26. The van der Waals surface area contributed by atoms with Crippen LogP contribution in [0.15, 0.2) is 42.5 Å². The highest BCUT2D eigenvalue weighted by Crippen LogP contribution is 2.37. The molecule has 162 valence electrons. The van der Waals surface area contributed by atoms with Crippen molar-refractivity contribution in [1.82, 2.24) is 4.90 Å². The third kappa shape index (κ3) is 4.76. The first-order chi connectivity index (χ1) is 14.6. The Bertz CT molecular complexity index is 855. The van der Waals surface area contributed by atoms with Gasteiger partial charge in [-0.1, -0.05) is 18.2 Å². The number of halogens is 1. The highest BCUT2D eigenvalue weighted by atomic mass is 32.2. The van der Waals surface area contributed by atoms with E-state index in [0.29, 0.717) is 38.2 Å². The zero-order valence-corrected chi connectivity index (χ0v) is 18.5. The van der Waals surface area contributed by atoms with Gasteiger partial charge in [0.1, 0.15) is 18.2 Å². The number of nitrogens with zero attached hydrogens (tertiary/aromatic N) is 2. The SMILES string of the molecule is CSCCCN1CCOc2ccc(C3(O)CCN(c4ccccc4F)CC3)cc2C1. The van der Waals surface area contributed by atoms with Gasteiger partial charge < -0.3 is 14.7 Å². The first-order valence-corrected chi connectivity index (χ1v) is 12.2. The number of thioether (sulfide) groups is 1. The average molecular weight is 431 g/mol. The van der Waals surface area contributed by atoms with Crippen molar-refractivity contribution in [3.05, 3.63) is 59.4 Å². The average Bonchev–Trinajstić information content (AvgIpc) is 2.96. The van der Waals surface area contributed by atoms with Crippen molar-refractivity contribution < 1.29 is 14.2 Å². The van der Waals surface area contributed by atoms with Gasteiger partial charge in [0.2, 0.25) is 0 Å². The summed E-state index contributed by atoms with van der Waals surface area (Å²) in [6.07, 6.45) is 4.48. The van der Waals surface area contributed by atoms with E-state index in [1.54, 1.807) is 6.07 Å². The Morgan fingerprint density at radius 3 is 2.70 bits per heavy atom. The summed E-state index contributed by atoms with van der Waals surface area (Å²) >= 11 is 1.88. The molecule has 2 aromatic carbocycles. The van der Waals surface area contributed by atoms with Crippen LogP contribution in [0.1, 0.15) is 30.4 Å². The van der Waals surface area contributed by atoms with Gasteiger partial charge in [0, 0.05) is 31.7 Å².